The van der Waals surface area contributed by atoms with Crippen LogP contribution in [0.25, 0.3) is 0 Å². The Labute approximate surface area is 118 Å². The normalized spacial score (nSPS) is 11.1. The van der Waals surface area contributed by atoms with Crippen LogP contribution in [0.4, 0.5) is 0 Å². The molecular weight excluding hydrogens is 255 g/mol. The van der Waals surface area contributed by atoms with E-state index in [1.54, 1.807) is 0 Å². The van der Waals surface area contributed by atoms with Gasteiger partial charge in [-0.25, -0.2) is 0 Å². The Bertz CT molecular complexity index is 172. The monoisotopic (exact) mass is 285 g/mol. The first kappa shape index (κ1) is 19.5. The second kappa shape index (κ2) is 11.3. The second-order valence-electron chi connectivity index (χ2n) is 5.06. The Morgan fingerprint density at radius 2 is 1.24 bits per heavy atom. The third-order valence-electron chi connectivity index (χ3n) is 3.53. The molecule has 0 aromatic carbocycles. The summed E-state index contributed by atoms with van der Waals surface area (Å²) >= 11 is 0. The number of ketones is 1. The fourth-order valence-electron chi connectivity index (χ4n) is 2.83. The second-order valence-corrected chi connectivity index (χ2v) is 5.06. The molecule has 0 amide bonds. The van der Waals surface area contributed by atoms with Crippen LogP contribution in [0, 0.1) is 5.41 Å². The molecule has 0 saturated heterocycles. The molecular formula is C15H30CoO. The molecule has 0 spiro atoms. The molecule has 0 aliphatic carbocycles. The van der Waals surface area contributed by atoms with Crippen LogP contribution >= 0.6 is 0 Å². The number of unbranched alkanes of at least 4 members (excludes halogenated alkanes) is 1. The Hall–Kier alpha value is 0.176. The Kier molecular flexibility index (Phi) is 12.9. The largest absolute Gasteiger partial charge is 0.299 e. The van der Waals surface area contributed by atoms with E-state index < -0.39 is 0 Å². The van der Waals surface area contributed by atoms with Gasteiger partial charge >= 0.3 is 0 Å². The van der Waals surface area contributed by atoms with Crippen molar-refractivity contribution >= 4 is 5.78 Å². The Balaban J connectivity index is 0. The van der Waals surface area contributed by atoms with Crippen LogP contribution in [0.1, 0.15) is 85.5 Å². The van der Waals surface area contributed by atoms with Gasteiger partial charge < -0.3 is 0 Å². The molecule has 0 aliphatic heterocycles. The summed E-state index contributed by atoms with van der Waals surface area (Å²) in [7, 11) is 0. The molecule has 2 heteroatoms. The van der Waals surface area contributed by atoms with Gasteiger partial charge in [0, 0.05) is 28.6 Å². The fourth-order valence-corrected chi connectivity index (χ4v) is 2.83. The first-order valence-electron chi connectivity index (χ1n) is 7.20. The Morgan fingerprint density at radius 1 is 0.824 bits per heavy atom. The molecule has 0 heterocycles. The number of Topliss-reactive ketones (excluding diaryl/α,β-unsaturated/α-hetero) is 1. The molecule has 0 atom stereocenters. The number of carbonyl (C=O) groups excluding carboxylic acids is 1. The predicted molar refractivity (Wildman–Crippen MR) is 71.7 cm³/mol. The maximum Gasteiger partial charge on any atom is 0.139 e. The topological polar surface area (TPSA) is 17.1 Å². The van der Waals surface area contributed by atoms with E-state index in [1.807, 2.05) is 0 Å². The summed E-state index contributed by atoms with van der Waals surface area (Å²) in [5.74, 6) is 0.542. The molecule has 1 nitrogen and oxygen atoms in total. The summed E-state index contributed by atoms with van der Waals surface area (Å²) in [5.41, 5.74) is 0.0213. The van der Waals surface area contributed by atoms with E-state index in [0.717, 1.165) is 57.8 Å². The third kappa shape index (κ3) is 6.61. The number of rotatable bonds is 10. The van der Waals surface area contributed by atoms with Gasteiger partial charge in [-0.05, 0) is 25.7 Å². The van der Waals surface area contributed by atoms with Crippen LogP contribution in [0.5, 0.6) is 0 Å². The van der Waals surface area contributed by atoms with Crippen LogP contribution < -0.4 is 0 Å². The van der Waals surface area contributed by atoms with Crippen molar-refractivity contribution in [3.05, 3.63) is 0 Å². The zero-order valence-electron chi connectivity index (χ0n) is 12.1. The minimum atomic E-state index is 0. The minimum Gasteiger partial charge on any atom is -0.299 e. The smallest absolute Gasteiger partial charge is 0.139 e. The molecule has 0 aromatic heterocycles. The van der Waals surface area contributed by atoms with Crippen molar-refractivity contribution in [1.82, 2.24) is 0 Å². The van der Waals surface area contributed by atoms with Gasteiger partial charge in [-0.3, -0.25) is 4.79 Å². The van der Waals surface area contributed by atoms with Crippen LogP contribution in [0.3, 0.4) is 0 Å². The molecule has 0 unspecified atom stereocenters. The van der Waals surface area contributed by atoms with Crippen molar-refractivity contribution in [2.45, 2.75) is 85.5 Å². The van der Waals surface area contributed by atoms with Crippen molar-refractivity contribution < 1.29 is 21.6 Å². The van der Waals surface area contributed by atoms with Crippen molar-refractivity contribution in [2.75, 3.05) is 0 Å². The third-order valence-corrected chi connectivity index (χ3v) is 3.53. The van der Waals surface area contributed by atoms with E-state index in [1.165, 1.54) is 0 Å². The molecule has 0 fully saturated rings. The van der Waals surface area contributed by atoms with Crippen LogP contribution in [0.15, 0.2) is 0 Å². The maximum absolute atomic E-state index is 12.4. The van der Waals surface area contributed by atoms with Crippen molar-refractivity contribution in [3.8, 4) is 0 Å². The minimum absolute atomic E-state index is 0. The molecule has 105 valence electrons. The molecule has 0 saturated carbocycles. The summed E-state index contributed by atoms with van der Waals surface area (Å²) in [4.78, 5) is 12.4. The first-order chi connectivity index (χ1) is 7.66. The number of hydrogen-bond donors (Lipinski definition) is 0. The molecule has 0 aromatic rings. The summed E-state index contributed by atoms with van der Waals surface area (Å²) in [5, 5.41) is 0. The summed E-state index contributed by atoms with van der Waals surface area (Å²) in [6.45, 7) is 8.77. The van der Waals surface area contributed by atoms with Gasteiger partial charge in [-0.15, -0.1) is 0 Å². The maximum atomic E-state index is 12.4. The van der Waals surface area contributed by atoms with Gasteiger partial charge in [0.05, 0.1) is 0 Å². The zero-order chi connectivity index (χ0) is 12.4. The Morgan fingerprint density at radius 3 is 1.53 bits per heavy atom. The molecule has 0 bridgehead atoms. The summed E-state index contributed by atoms with van der Waals surface area (Å²) < 4.78 is 0. The summed E-state index contributed by atoms with van der Waals surface area (Å²) in [6.07, 6.45) is 9.69. The van der Waals surface area contributed by atoms with Gasteiger partial charge in [-0.1, -0.05) is 53.4 Å². The van der Waals surface area contributed by atoms with Gasteiger partial charge in [0.1, 0.15) is 5.78 Å². The van der Waals surface area contributed by atoms with Crippen molar-refractivity contribution in [1.29, 1.82) is 0 Å². The first-order valence-corrected chi connectivity index (χ1v) is 7.20. The van der Waals surface area contributed by atoms with Crippen molar-refractivity contribution in [3.63, 3.8) is 0 Å². The predicted octanol–water partition coefficient (Wildman–Crippen LogP) is 5.13. The molecule has 17 heavy (non-hydrogen) atoms. The van der Waals surface area contributed by atoms with E-state index in [2.05, 4.69) is 27.7 Å². The molecule has 0 rings (SSSR count). The average Bonchev–Trinajstić information content (AvgIpc) is 2.26. The standard InChI is InChI=1S/C15H30O.Co/c1-5-9-10-14(16)15(11-6-2,12-7-3)13-8-4;/h5-13H2,1-4H3;. The molecule has 0 aliphatic rings. The van der Waals surface area contributed by atoms with E-state index in [9.17, 15) is 4.79 Å². The van der Waals surface area contributed by atoms with Crippen LogP contribution in [0.2, 0.25) is 0 Å². The summed E-state index contributed by atoms with van der Waals surface area (Å²) in [6, 6.07) is 0. The van der Waals surface area contributed by atoms with E-state index in [-0.39, 0.29) is 22.2 Å². The van der Waals surface area contributed by atoms with E-state index in [4.69, 9.17) is 0 Å². The number of hydrogen-bond acceptors (Lipinski definition) is 1. The van der Waals surface area contributed by atoms with Crippen molar-refractivity contribution in [2.24, 2.45) is 5.41 Å². The van der Waals surface area contributed by atoms with E-state index >= 15 is 0 Å². The average molecular weight is 285 g/mol. The molecule has 0 N–H and O–H groups in total. The van der Waals surface area contributed by atoms with Crippen LogP contribution in [-0.4, -0.2) is 5.78 Å². The SMILES string of the molecule is CCCCC(=O)C(CCC)(CCC)CCC.[Co]. The zero-order valence-corrected chi connectivity index (χ0v) is 13.1. The van der Waals surface area contributed by atoms with Gasteiger partial charge in [0.2, 0.25) is 0 Å². The van der Waals surface area contributed by atoms with E-state index in [0.29, 0.717) is 5.78 Å². The van der Waals surface area contributed by atoms with Gasteiger partial charge in [0.15, 0.2) is 0 Å². The molecule has 1 radical (unpaired) electrons. The quantitative estimate of drug-likeness (QED) is 0.544. The van der Waals surface area contributed by atoms with Gasteiger partial charge in [0.25, 0.3) is 0 Å². The van der Waals surface area contributed by atoms with Crippen LogP contribution in [-0.2, 0) is 21.6 Å². The van der Waals surface area contributed by atoms with Gasteiger partial charge in [-0.2, -0.15) is 0 Å². The fraction of sp³-hybridized carbons (Fsp3) is 0.933. The number of carbonyl (C=O) groups is 1.